The fraction of sp³-hybridized carbons (Fsp3) is 0.211. The minimum atomic E-state index is -4.85. The summed E-state index contributed by atoms with van der Waals surface area (Å²) in [5.74, 6) is -0.870. The van der Waals surface area contributed by atoms with E-state index in [1.165, 1.54) is 36.0 Å². The monoisotopic (exact) mass is 437 g/mol. The molecule has 4 N–H and O–H groups in total. The summed E-state index contributed by atoms with van der Waals surface area (Å²) in [4.78, 5) is 28.3. The van der Waals surface area contributed by atoms with Crippen LogP contribution >= 0.6 is 0 Å². The van der Waals surface area contributed by atoms with E-state index in [9.17, 15) is 27.9 Å². The lowest BCUT2D eigenvalue weighted by Gasteiger charge is -2.18. The summed E-state index contributed by atoms with van der Waals surface area (Å²) in [5.41, 5.74) is 5.52. The quantitative estimate of drug-likeness (QED) is 0.546. The maximum Gasteiger partial charge on any atom is 0.573 e. The van der Waals surface area contributed by atoms with Crippen molar-refractivity contribution in [3.05, 3.63) is 70.5 Å². The van der Waals surface area contributed by atoms with Crippen LogP contribution in [0.2, 0.25) is 0 Å². The molecule has 0 aliphatic heterocycles. The minimum absolute atomic E-state index is 0.0621. The molecule has 2 amide bonds. The van der Waals surface area contributed by atoms with E-state index in [-0.39, 0.29) is 17.9 Å². The predicted molar refractivity (Wildman–Crippen MR) is 103 cm³/mol. The van der Waals surface area contributed by atoms with Gasteiger partial charge in [0.1, 0.15) is 5.75 Å². The highest BCUT2D eigenvalue weighted by Crippen LogP contribution is 2.26. The average molecular weight is 437 g/mol. The number of rotatable bonds is 6. The first-order chi connectivity index (χ1) is 14.6. The van der Waals surface area contributed by atoms with Crippen LogP contribution in [0.3, 0.4) is 0 Å². The van der Waals surface area contributed by atoms with E-state index in [1.807, 2.05) is 0 Å². The van der Waals surface area contributed by atoms with Gasteiger partial charge in [-0.2, -0.15) is 0 Å². The van der Waals surface area contributed by atoms with Crippen molar-refractivity contribution < 1.29 is 27.8 Å². The van der Waals surface area contributed by atoms with Crippen molar-refractivity contribution in [3.63, 3.8) is 0 Å². The van der Waals surface area contributed by atoms with Crippen molar-refractivity contribution in [1.82, 2.24) is 19.4 Å². The van der Waals surface area contributed by atoms with E-state index in [2.05, 4.69) is 15.0 Å². The topological polar surface area (TPSA) is 124 Å². The number of halogens is 3. The molecular formula is C19H18F3N5O4. The van der Waals surface area contributed by atoms with Gasteiger partial charge >= 0.3 is 18.1 Å². The third-order valence-corrected chi connectivity index (χ3v) is 4.48. The van der Waals surface area contributed by atoms with Crippen molar-refractivity contribution in [2.45, 2.75) is 25.9 Å². The Morgan fingerprint density at radius 1 is 1.23 bits per heavy atom. The Morgan fingerprint density at radius 3 is 2.39 bits per heavy atom. The summed E-state index contributed by atoms with van der Waals surface area (Å²) in [5, 5.41) is 13.0. The largest absolute Gasteiger partial charge is 0.573 e. The lowest BCUT2D eigenvalue weighted by molar-refractivity contribution is -0.274. The molecule has 0 bridgehead atoms. The number of ether oxygens (including phenoxy) is 1. The number of imidazole rings is 1. The van der Waals surface area contributed by atoms with Crippen LogP contribution in [0.4, 0.5) is 18.0 Å². The Kier molecular flexibility index (Phi) is 5.90. The SMILES string of the molecule is Cc1c(O)n(-c2ccc(OC(F)(F)F)cc2)c(=O)n1CC(NC(N)=O)c1ccncc1. The number of amides is 2. The zero-order valence-corrected chi connectivity index (χ0v) is 16.1. The van der Waals surface area contributed by atoms with Gasteiger partial charge < -0.3 is 20.9 Å². The number of hydrogen-bond donors (Lipinski definition) is 3. The second-order valence-corrected chi connectivity index (χ2v) is 6.52. The number of alkyl halides is 3. The number of nitrogens with zero attached hydrogens (tertiary/aromatic N) is 3. The number of urea groups is 1. The van der Waals surface area contributed by atoms with Crippen LogP contribution in [-0.4, -0.2) is 31.6 Å². The Labute approximate surface area is 173 Å². The highest BCUT2D eigenvalue weighted by atomic mass is 19.4. The molecular weight excluding hydrogens is 419 g/mol. The molecule has 1 aromatic carbocycles. The first-order valence-electron chi connectivity index (χ1n) is 8.90. The molecule has 3 rings (SSSR count). The number of benzene rings is 1. The number of hydrogen-bond acceptors (Lipinski definition) is 5. The average Bonchev–Trinajstić information content (AvgIpc) is 2.90. The predicted octanol–water partition coefficient (Wildman–Crippen LogP) is 2.36. The van der Waals surface area contributed by atoms with Gasteiger partial charge in [0.25, 0.3) is 0 Å². The van der Waals surface area contributed by atoms with E-state index in [0.29, 0.717) is 5.56 Å². The lowest BCUT2D eigenvalue weighted by atomic mass is 10.1. The van der Waals surface area contributed by atoms with Gasteiger partial charge in [0.15, 0.2) is 0 Å². The van der Waals surface area contributed by atoms with Gasteiger partial charge in [-0.3, -0.25) is 9.55 Å². The highest BCUT2D eigenvalue weighted by Gasteiger charge is 2.31. The number of pyridine rings is 1. The van der Waals surface area contributed by atoms with Crippen LogP contribution in [0.5, 0.6) is 11.6 Å². The zero-order chi connectivity index (χ0) is 22.8. The second kappa shape index (κ2) is 8.42. The summed E-state index contributed by atoms with van der Waals surface area (Å²) < 4.78 is 43.0. The van der Waals surface area contributed by atoms with Crippen molar-refractivity contribution in [1.29, 1.82) is 0 Å². The van der Waals surface area contributed by atoms with Crippen LogP contribution in [0.25, 0.3) is 5.69 Å². The minimum Gasteiger partial charge on any atom is -0.493 e. The normalized spacial score (nSPS) is 12.4. The Balaban J connectivity index is 1.96. The summed E-state index contributed by atoms with van der Waals surface area (Å²) in [6.45, 7) is 1.43. The van der Waals surface area contributed by atoms with E-state index in [0.717, 1.165) is 16.7 Å². The van der Waals surface area contributed by atoms with Gasteiger partial charge in [-0.15, -0.1) is 13.2 Å². The van der Waals surface area contributed by atoms with Crippen LogP contribution in [0.15, 0.2) is 53.6 Å². The molecule has 31 heavy (non-hydrogen) atoms. The molecule has 0 fully saturated rings. The van der Waals surface area contributed by atoms with Crippen LogP contribution in [0, 0.1) is 6.92 Å². The molecule has 0 aliphatic carbocycles. The van der Waals surface area contributed by atoms with Gasteiger partial charge in [-0.1, -0.05) is 0 Å². The van der Waals surface area contributed by atoms with Gasteiger partial charge in [-0.05, 0) is 48.9 Å². The van der Waals surface area contributed by atoms with Gasteiger partial charge in [0.2, 0.25) is 5.88 Å². The Hall–Kier alpha value is -3.96. The fourth-order valence-corrected chi connectivity index (χ4v) is 3.07. The third-order valence-electron chi connectivity index (χ3n) is 4.48. The number of nitrogens with two attached hydrogens (primary N) is 1. The molecule has 164 valence electrons. The lowest BCUT2D eigenvalue weighted by Crippen LogP contribution is -2.37. The summed E-state index contributed by atoms with van der Waals surface area (Å²) in [6, 6.07) is 6.22. The van der Waals surface area contributed by atoms with Crippen molar-refractivity contribution in [3.8, 4) is 17.3 Å². The highest BCUT2D eigenvalue weighted by molar-refractivity contribution is 5.72. The standard InChI is InChI=1S/C19H18F3N5O4/c1-11-16(28)27(13-2-4-14(5-3-13)31-19(20,21)22)18(30)26(11)10-15(25-17(23)29)12-6-8-24-9-7-12/h2-9,15,28H,10H2,1H3,(H3,23,25,29). The summed E-state index contributed by atoms with van der Waals surface area (Å²) in [7, 11) is 0. The molecule has 2 heterocycles. The van der Waals surface area contributed by atoms with Crippen molar-refractivity contribution in [2.24, 2.45) is 5.73 Å². The molecule has 1 unspecified atom stereocenters. The van der Waals surface area contributed by atoms with E-state index in [4.69, 9.17) is 5.73 Å². The van der Waals surface area contributed by atoms with E-state index in [1.54, 1.807) is 12.1 Å². The molecule has 2 aromatic heterocycles. The van der Waals surface area contributed by atoms with E-state index < -0.39 is 35.8 Å². The van der Waals surface area contributed by atoms with Crippen LogP contribution < -0.4 is 21.5 Å². The maximum absolute atomic E-state index is 13.0. The van der Waals surface area contributed by atoms with Crippen LogP contribution in [-0.2, 0) is 6.54 Å². The number of carbonyl (C=O) groups is 1. The molecule has 9 nitrogen and oxygen atoms in total. The summed E-state index contributed by atoms with van der Waals surface area (Å²) in [6.07, 6.45) is -1.84. The fourth-order valence-electron chi connectivity index (χ4n) is 3.07. The molecule has 0 saturated heterocycles. The second-order valence-electron chi connectivity index (χ2n) is 6.52. The number of aromatic hydroxyl groups is 1. The van der Waals surface area contributed by atoms with Crippen molar-refractivity contribution in [2.75, 3.05) is 0 Å². The number of carbonyl (C=O) groups excluding carboxylic acids is 1. The van der Waals surface area contributed by atoms with Gasteiger partial charge in [-0.25, -0.2) is 14.2 Å². The molecule has 0 spiro atoms. The molecule has 3 aromatic rings. The van der Waals surface area contributed by atoms with Crippen molar-refractivity contribution >= 4 is 6.03 Å². The molecule has 0 radical (unpaired) electrons. The summed E-state index contributed by atoms with van der Waals surface area (Å²) >= 11 is 0. The Morgan fingerprint density at radius 2 is 1.84 bits per heavy atom. The van der Waals surface area contributed by atoms with E-state index >= 15 is 0 Å². The van der Waals surface area contributed by atoms with Gasteiger partial charge in [0.05, 0.1) is 24.0 Å². The molecule has 1 atom stereocenters. The maximum atomic E-state index is 13.0. The number of aromatic nitrogens is 3. The van der Waals surface area contributed by atoms with Crippen LogP contribution in [0.1, 0.15) is 17.3 Å². The molecule has 12 heteroatoms. The third kappa shape index (κ3) is 4.97. The Bertz CT molecular complexity index is 1120. The number of primary amides is 1. The number of nitrogens with one attached hydrogen (secondary N) is 1. The molecule has 0 aliphatic rings. The van der Waals surface area contributed by atoms with Gasteiger partial charge in [0, 0.05) is 12.4 Å². The smallest absolute Gasteiger partial charge is 0.493 e. The first kappa shape index (κ1) is 21.7. The zero-order valence-electron chi connectivity index (χ0n) is 16.1. The molecule has 0 saturated carbocycles. The first-order valence-corrected chi connectivity index (χ1v) is 8.90.